The number of pyridine rings is 1. The minimum Gasteiger partial charge on any atom is -0.258 e. The highest BCUT2D eigenvalue weighted by molar-refractivity contribution is 5.30. The topological polar surface area (TPSA) is 60.5 Å². The molecular formula is C20H19N3. The summed E-state index contributed by atoms with van der Waals surface area (Å²) in [5.41, 5.74) is 4.56. The molecule has 2 aromatic rings. The molecule has 3 rings (SSSR count). The fourth-order valence-electron chi connectivity index (χ4n) is 3.30. The van der Waals surface area contributed by atoms with Gasteiger partial charge >= 0.3 is 0 Å². The molecule has 1 aromatic heterocycles. The van der Waals surface area contributed by atoms with Crippen molar-refractivity contribution in [1.82, 2.24) is 4.98 Å². The van der Waals surface area contributed by atoms with Crippen molar-refractivity contribution in [2.75, 3.05) is 0 Å². The first kappa shape index (κ1) is 15.3. The second kappa shape index (κ2) is 7.07. The smallest absolute Gasteiger partial charge is 0.140 e. The van der Waals surface area contributed by atoms with E-state index in [0.717, 1.165) is 24.1 Å². The van der Waals surface area contributed by atoms with E-state index in [-0.39, 0.29) is 5.92 Å². The molecule has 0 spiro atoms. The summed E-state index contributed by atoms with van der Waals surface area (Å²) in [6.07, 6.45) is 5.22. The van der Waals surface area contributed by atoms with Gasteiger partial charge in [-0.3, -0.25) is 4.98 Å². The molecule has 0 aliphatic heterocycles. The van der Waals surface area contributed by atoms with E-state index in [1.807, 2.05) is 30.3 Å². The van der Waals surface area contributed by atoms with Crippen molar-refractivity contribution in [3.8, 4) is 12.1 Å². The van der Waals surface area contributed by atoms with Gasteiger partial charge in [0.2, 0.25) is 0 Å². The second-order valence-corrected chi connectivity index (χ2v) is 6.07. The summed E-state index contributed by atoms with van der Waals surface area (Å²) >= 11 is 0. The first-order chi connectivity index (χ1) is 11.3. The number of fused-ring (bicyclic) bond motifs is 1. The minimum atomic E-state index is -0.657. The first-order valence-electron chi connectivity index (χ1n) is 8.13. The van der Waals surface area contributed by atoms with E-state index in [4.69, 9.17) is 4.98 Å². The molecule has 0 bridgehead atoms. The molecule has 0 saturated carbocycles. The molecule has 1 aliphatic carbocycles. The monoisotopic (exact) mass is 301 g/mol. The van der Waals surface area contributed by atoms with Gasteiger partial charge in [0, 0.05) is 17.3 Å². The molecule has 23 heavy (non-hydrogen) atoms. The Morgan fingerprint density at radius 2 is 1.70 bits per heavy atom. The third-order valence-electron chi connectivity index (χ3n) is 4.57. The summed E-state index contributed by atoms with van der Waals surface area (Å²) in [5, 5.41) is 18.7. The molecule has 0 amide bonds. The maximum atomic E-state index is 9.33. The van der Waals surface area contributed by atoms with Crippen LogP contribution in [0, 0.1) is 28.6 Å². The van der Waals surface area contributed by atoms with E-state index in [9.17, 15) is 10.5 Å². The number of hydrogen-bond acceptors (Lipinski definition) is 3. The van der Waals surface area contributed by atoms with Crippen LogP contribution in [0.25, 0.3) is 0 Å². The van der Waals surface area contributed by atoms with Crippen LogP contribution in [-0.2, 0) is 19.3 Å². The van der Waals surface area contributed by atoms with Crippen LogP contribution in [0.3, 0.4) is 0 Å². The molecule has 114 valence electrons. The lowest BCUT2D eigenvalue weighted by molar-refractivity contribution is 0.592. The summed E-state index contributed by atoms with van der Waals surface area (Å²) < 4.78 is 0. The first-order valence-corrected chi connectivity index (χ1v) is 8.13. The molecule has 0 saturated heterocycles. The summed E-state index contributed by atoms with van der Waals surface area (Å²) in [5.74, 6) is -0.796. The zero-order valence-electron chi connectivity index (χ0n) is 13.1. The Hall–Kier alpha value is -2.65. The summed E-state index contributed by atoms with van der Waals surface area (Å²) in [7, 11) is 0. The number of nitrogens with zero attached hydrogens (tertiary/aromatic N) is 3. The highest BCUT2D eigenvalue weighted by Gasteiger charge is 2.24. The highest BCUT2D eigenvalue weighted by Crippen LogP contribution is 2.29. The Labute approximate surface area is 137 Å². The predicted octanol–water partition coefficient (Wildman–Crippen LogP) is 3.95. The lowest BCUT2D eigenvalue weighted by Crippen LogP contribution is -2.15. The van der Waals surface area contributed by atoms with E-state index >= 15 is 0 Å². The number of hydrogen-bond donors (Lipinski definition) is 0. The SMILES string of the molecule is N#CC(C#N)C(Cc1ccc2c(n1)CCCC2)c1ccccc1. The Morgan fingerprint density at radius 1 is 0.957 bits per heavy atom. The van der Waals surface area contributed by atoms with Crippen molar-refractivity contribution in [2.45, 2.75) is 38.0 Å². The summed E-state index contributed by atoms with van der Waals surface area (Å²) in [4.78, 5) is 4.81. The molecule has 3 nitrogen and oxygen atoms in total. The quantitative estimate of drug-likeness (QED) is 0.859. The van der Waals surface area contributed by atoms with Crippen LogP contribution in [0.4, 0.5) is 0 Å². The molecule has 1 atom stereocenters. The lowest BCUT2D eigenvalue weighted by atomic mass is 9.83. The third kappa shape index (κ3) is 3.41. The van der Waals surface area contributed by atoms with Gasteiger partial charge in [-0.15, -0.1) is 0 Å². The summed E-state index contributed by atoms with van der Waals surface area (Å²) in [6, 6.07) is 18.4. The number of rotatable bonds is 4. The molecule has 0 N–H and O–H groups in total. The van der Waals surface area contributed by atoms with E-state index in [2.05, 4.69) is 24.3 Å². The van der Waals surface area contributed by atoms with Crippen LogP contribution >= 0.6 is 0 Å². The van der Waals surface area contributed by atoms with Crippen molar-refractivity contribution in [2.24, 2.45) is 5.92 Å². The van der Waals surface area contributed by atoms with Crippen molar-refractivity contribution in [1.29, 1.82) is 10.5 Å². The van der Waals surface area contributed by atoms with Crippen molar-refractivity contribution in [3.63, 3.8) is 0 Å². The number of aromatic nitrogens is 1. The molecule has 3 heteroatoms. The molecule has 1 unspecified atom stereocenters. The zero-order chi connectivity index (χ0) is 16.1. The fraction of sp³-hybridized carbons (Fsp3) is 0.350. The van der Waals surface area contributed by atoms with E-state index in [1.165, 1.54) is 24.1 Å². The maximum Gasteiger partial charge on any atom is 0.140 e. The van der Waals surface area contributed by atoms with E-state index in [0.29, 0.717) is 6.42 Å². The molecule has 1 aliphatic rings. The number of aryl methyl sites for hydroxylation is 2. The molecule has 1 aromatic carbocycles. The van der Waals surface area contributed by atoms with Crippen LogP contribution in [0.1, 0.15) is 41.3 Å². The van der Waals surface area contributed by atoms with E-state index in [1.54, 1.807) is 0 Å². The molecular weight excluding hydrogens is 282 g/mol. The Kier molecular flexibility index (Phi) is 4.69. The maximum absolute atomic E-state index is 9.33. The normalized spacial score (nSPS) is 14.6. The van der Waals surface area contributed by atoms with Crippen LogP contribution in [0.2, 0.25) is 0 Å². The van der Waals surface area contributed by atoms with Crippen LogP contribution in [-0.4, -0.2) is 4.98 Å². The Bertz CT molecular complexity index is 739. The number of benzene rings is 1. The van der Waals surface area contributed by atoms with Crippen molar-refractivity contribution < 1.29 is 0 Å². The van der Waals surface area contributed by atoms with Gasteiger partial charge in [0.05, 0.1) is 12.1 Å². The van der Waals surface area contributed by atoms with Crippen LogP contribution in [0.15, 0.2) is 42.5 Å². The van der Waals surface area contributed by atoms with Crippen LogP contribution in [0.5, 0.6) is 0 Å². The average Bonchev–Trinajstić information content (AvgIpc) is 2.62. The van der Waals surface area contributed by atoms with Crippen molar-refractivity contribution in [3.05, 3.63) is 65.0 Å². The van der Waals surface area contributed by atoms with Gasteiger partial charge in [-0.05, 0) is 49.3 Å². The van der Waals surface area contributed by atoms with Gasteiger partial charge in [-0.1, -0.05) is 36.4 Å². The van der Waals surface area contributed by atoms with Gasteiger partial charge in [-0.25, -0.2) is 0 Å². The molecule has 0 fully saturated rings. The minimum absolute atomic E-state index is 0.139. The zero-order valence-corrected chi connectivity index (χ0v) is 13.1. The predicted molar refractivity (Wildman–Crippen MR) is 88.5 cm³/mol. The molecule has 1 heterocycles. The van der Waals surface area contributed by atoms with Gasteiger partial charge in [-0.2, -0.15) is 10.5 Å². The van der Waals surface area contributed by atoms with Gasteiger partial charge in [0.15, 0.2) is 0 Å². The van der Waals surface area contributed by atoms with E-state index < -0.39 is 5.92 Å². The van der Waals surface area contributed by atoms with Crippen molar-refractivity contribution >= 4 is 0 Å². The summed E-state index contributed by atoms with van der Waals surface area (Å²) in [6.45, 7) is 0. The Balaban J connectivity index is 1.90. The van der Waals surface area contributed by atoms with Gasteiger partial charge in [0.25, 0.3) is 0 Å². The third-order valence-corrected chi connectivity index (χ3v) is 4.57. The second-order valence-electron chi connectivity index (χ2n) is 6.07. The number of nitriles is 2. The standard InChI is InChI=1S/C20H19N3/c21-13-17(14-22)19(15-6-2-1-3-7-15)12-18-11-10-16-8-4-5-9-20(16)23-18/h1-3,6-7,10-11,17,19H,4-5,8-9,12H2. The highest BCUT2D eigenvalue weighted by atomic mass is 14.7. The van der Waals surface area contributed by atoms with Gasteiger partial charge in [0.1, 0.15) is 5.92 Å². The van der Waals surface area contributed by atoms with Gasteiger partial charge < -0.3 is 0 Å². The molecule has 0 radical (unpaired) electrons. The van der Waals surface area contributed by atoms with Crippen LogP contribution < -0.4 is 0 Å². The Morgan fingerprint density at radius 3 is 2.43 bits per heavy atom. The lowest BCUT2D eigenvalue weighted by Gasteiger charge is -2.20. The largest absolute Gasteiger partial charge is 0.258 e. The fourth-order valence-corrected chi connectivity index (χ4v) is 3.30. The average molecular weight is 301 g/mol.